The molecule has 7 heteroatoms. The second kappa shape index (κ2) is 8.69. The maximum absolute atomic E-state index is 12.4. The van der Waals surface area contributed by atoms with Crippen molar-refractivity contribution in [2.24, 2.45) is 5.92 Å². The second-order valence-electron chi connectivity index (χ2n) is 7.16. The summed E-state index contributed by atoms with van der Waals surface area (Å²) in [5.41, 5.74) is 1.79. The third kappa shape index (κ3) is 4.45. The smallest absolute Gasteiger partial charge is 0.230 e. The van der Waals surface area contributed by atoms with Crippen molar-refractivity contribution in [1.29, 1.82) is 0 Å². The number of rotatable bonds is 8. The summed E-state index contributed by atoms with van der Waals surface area (Å²) in [5.74, 6) is 2.37. The van der Waals surface area contributed by atoms with Gasteiger partial charge in [-0.25, -0.2) is 0 Å². The molecule has 0 aliphatic heterocycles. The molecule has 2 aromatic carbocycles. The van der Waals surface area contributed by atoms with Gasteiger partial charge in [0, 0.05) is 11.7 Å². The first-order valence-electron chi connectivity index (χ1n) is 9.73. The molecule has 0 saturated heterocycles. The molecule has 0 bridgehead atoms. The van der Waals surface area contributed by atoms with Gasteiger partial charge in [0.1, 0.15) is 5.75 Å². The van der Waals surface area contributed by atoms with Crippen LogP contribution < -0.4 is 10.1 Å². The Morgan fingerprint density at radius 1 is 1.17 bits per heavy atom. The molecule has 1 aromatic heterocycles. The zero-order valence-electron chi connectivity index (χ0n) is 16.5. The van der Waals surface area contributed by atoms with Gasteiger partial charge in [-0.15, -0.1) is 10.2 Å². The summed E-state index contributed by atoms with van der Waals surface area (Å²) >= 11 is 1.39. The number of aromatic nitrogens is 3. The number of thioether (sulfide) groups is 1. The van der Waals surface area contributed by atoms with Gasteiger partial charge in [0.25, 0.3) is 0 Å². The number of hydrogen-bond acceptors (Lipinski definition) is 5. The van der Waals surface area contributed by atoms with E-state index in [1.165, 1.54) is 24.6 Å². The number of methoxy groups -OCH3 is 1. The fourth-order valence-corrected chi connectivity index (χ4v) is 4.08. The summed E-state index contributed by atoms with van der Waals surface area (Å²) in [6.45, 7) is 2.08. The van der Waals surface area contributed by atoms with E-state index in [4.69, 9.17) is 4.74 Å². The molecule has 150 valence electrons. The minimum atomic E-state index is 0.0239. The van der Waals surface area contributed by atoms with Gasteiger partial charge in [-0.05, 0) is 49.9 Å². The van der Waals surface area contributed by atoms with Gasteiger partial charge in [0.05, 0.1) is 18.4 Å². The Balaban J connectivity index is 1.62. The molecule has 1 N–H and O–H groups in total. The van der Waals surface area contributed by atoms with E-state index in [-0.39, 0.29) is 11.9 Å². The molecule has 6 nitrogen and oxygen atoms in total. The summed E-state index contributed by atoms with van der Waals surface area (Å²) < 4.78 is 7.49. The Bertz CT molecular complexity index is 985. The topological polar surface area (TPSA) is 69.0 Å². The summed E-state index contributed by atoms with van der Waals surface area (Å²) in [7, 11) is 1.64. The highest BCUT2D eigenvalue weighted by atomic mass is 32.2. The molecule has 0 spiro atoms. The lowest BCUT2D eigenvalue weighted by Crippen LogP contribution is -2.35. The third-order valence-electron chi connectivity index (χ3n) is 5.05. The van der Waals surface area contributed by atoms with E-state index in [0.717, 1.165) is 17.0 Å². The van der Waals surface area contributed by atoms with E-state index < -0.39 is 0 Å². The van der Waals surface area contributed by atoms with Gasteiger partial charge in [-0.2, -0.15) is 0 Å². The first-order chi connectivity index (χ1) is 14.2. The minimum absolute atomic E-state index is 0.0239. The maximum atomic E-state index is 12.4. The molecule has 0 unspecified atom stereocenters. The first-order valence-corrected chi connectivity index (χ1v) is 10.7. The molecule has 29 heavy (non-hydrogen) atoms. The number of amides is 1. The fraction of sp³-hybridized carbons (Fsp3) is 0.318. The third-order valence-corrected chi connectivity index (χ3v) is 5.97. The van der Waals surface area contributed by atoms with Crippen LogP contribution in [0.15, 0.2) is 59.8 Å². The lowest BCUT2D eigenvalue weighted by atomic mass is 10.2. The van der Waals surface area contributed by atoms with Gasteiger partial charge >= 0.3 is 0 Å². The molecule has 1 heterocycles. The van der Waals surface area contributed by atoms with E-state index in [1.807, 2.05) is 59.2 Å². The molecule has 1 aliphatic rings. The number of benzene rings is 2. The van der Waals surface area contributed by atoms with Crippen molar-refractivity contribution in [2.45, 2.75) is 31.0 Å². The van der Waals surface area contributed by atoms with Crippen molar-refractivity contribution in [2.75, 3.05) is 12.9 Å². The molecular weight excluding hydrogens is 384 g/mol. The number of ether oxygens (including phenoxy) is 1. The predicted molar refractivity (Wildman–Crippen MR) is 114 cm³/mol. The van der Waals surface area contributed by atoms with E-state index in [1.54, 1.807) is 7.11 Å². The normalized spacial score (nSPS) is 14.4. The van der Waals surface area contributed by atoms with Gasteiger partial charge in [0.2, 0.25) is 5.91 Å². The molecule has 1 saturated carbocycles. The fourth-order valence-electron chi connectivity index (χ4n) is 3.32. The van der Waals surface area contributed by atoms with E-state index in [2.05, 4.69) is 22.4 Å². The molecule has 0 radical (unpaired) electrons. The van der Waals surface area contributed by atoms with Crippen molar-refractivity contribution in [3.8, 4) is 22.8 Å². The van der Waals surface area contributed by atoms with E-state index >= 15 is 0 Å². The van der Waals surface area contributed by atoms with Crippen molar-refractivity contribution in [1.82, 2.24) is 20.1 Å². The van der Waals surface area contributed by atoms with Crippen LogP contribution in [-0.2, 0) is 4.79 Å². The number of nitrogens with one attached hydrogen (secondary N) is 1. The number of carbonyl (C=O) groups excluding carboxylic acids is 1. The van der Waals surface area contributed by atoms with Gasteiger partial charge < -0.3 is 10.1 Å². The maximum Gasteiger partial charge on any atom is 0.230 e. The Morgan fingerprint density at radius 3 is 2.62 bits per heavy atom. The molecule has 4 rings (SSSR count). The van der Waals surface area contributed by atoms with Crippen LogP contribution in [0.25, 0.3) is 17.1 Å². The van der Waals surface area contributed by atoms with Crippen LogP contribution in [0.2, 0.25) is 0 Å². The zero-order chi connectivity index (χ0) is 20.2. The summed E-state index contributed by atoms with van der Waals surface area (Å²) in [6.07, 6.45) is 2.42. The summed E-state index contributed by atoms with van der Waals surface area (Å²) in [6, 6.07) is 17.9. The Morgan fingerprint density at radius 2 is 1.90 bits per heavy atom. The predicted octanol–water partition coefficient (Wildman–Crippen LogP) is 3.95. The molecule has 1 amide bonds. The van der Waals surface area contributed by atoms with Crippen LogP contribution in [-0.4, -0.2) is 39.6 Å². The number of nitrogens with zero attached hydrogens (tertiary/aromatic N) is 3. The largest absolute Gasteiger partial charge is 0.496 e. The molecule has 3 aromatic rings. The average molecular weight is 409 g/mol. The number of hydrogen-bond donors (Lipinski definition) is 1. The highest BCUT2D eigenvalue weighted by Crippen LogP contribution is 2.34. The Kier molecular flexibility index (Phi) is 5.85. The van der Waals surface area contributed by atoms with Crippen LogP contribution in [0, 0.1) is 5.92 Å². The minimum Gasteiger partial charge on any atom is -0.496 e. The molecule has 1 fully saturated rings. The van der Waals surface area contributed by atoms with Gasteiger partial charge in [-0.1, -0.05) is 42.1 Å². The van der Waals surface area contributed by atoms with Gasteiger partial charge in [0.15, 0.2) is 11.0 Å². The highest BCUT2D eigenvalue weighted by Gasteiger charge is 2.29. The standard InChI is InChI=1S/C22H24N4O2S/c1-15(16-12-13-16)23-20(27)14-29-22-25-24-21(18-10-6-7-11-19(18)28-2)26(22)17-8-4-3-5-9-17/h3-11,15-16H,12-14H2,1-2H3,(H,23,27)/t15-/m0/s1. The number of carbonyl (C=O) groups is 1. The van der Waals surface area contributed by atoms with Crippen LogP contribution in [0.4, 0.5) is 0 Å². The van der Waals surface area contributed by atoms with Crippen molar-refractivity contribution >= 4 is 17.7 Å². The number of para-hydroxylation sites is 2. The quantitative estimate of drug-likeness (QED) is 0.572. The SMILES string of the molecule is COc1ccccc1-c1nnc(SCC(=O)N[C@@H](C)C2CC2)n1-c1ccccc1. The second-order valence-corrected chi connectivity index (χ2v) is 8.10. The van der Waals surface area contributed by atoms with E-state index in [9.17, 15) is 4.79 Å². The van der Waals surface area contributed by atoms with Crippen molar-refractivity contribution < 1.29 is 9.53 Å². The van der Waals surface area contributed by atoms with Crippen molar-refractivity contribution in [3.05, 3.63) is 54.6 Å². The molecule has 1 atom stereocenters. The average Bonchev–Trinajstić information content (AvgIpc) is 3.52. The van der Waals surface area contributed by atoms with Crippen LogP contribution in [0.1, 0.15) is 19.8 Å². The first kappa shape index (κ1) is 19.5. The van der Waals surface area contributed by atoms with Crippen LogP contribution in [0.3, 0.4) is 0 Å². The summed E-state index contributed by atoms with van der Waals surface area (Å²) in [4.78, 5) is 12.4. The van der Waals surface area contributed by atoms with Crippen LogP contribution >= 0.6 is 11.8 Å². The molecular formula is C22H24N4O2S. The van der Waals surface area contributed by atoms with Gasteiger partial charge in [-0.3, -0.25) is 9.36 Å². The lowest BCUT2D eigenvalue weighted by Gasteiger charge is -2.14. The Hall–Kier alpha value is -2.80. The summed E-state index contributed by atoms with van der Waals surface area (Å²) in [5, 5.41) is 12.6. The van der Waals surface area contributed by atoms with E-state index in [0.29, 0.717) is 22.7 Å². The zero-order valence-corrected chi connectivity index (χ0v) is 17.4. The monoisotopic (exact) mass is 408 g/mol. The molecule has 1 aliphatic carbocycles. The highest BCUT2D eigenvalue weighted by molar-refractivity contribution is 7.99. The Labute approximate surface area is 174 Å². The van der Waals surface area contributed by atoms with Crippen molar-refractivity contribution in [3.63, 3.8) is 0 Å². The lowest BCUT2D eigenvalue weighted by molar-refractivity contribution is -0.119. The van der Waals surface area contributed by atoms with Crippen LogP contribution in [0.5, 0.6) is 5.75 Å².